The molecule has 2 heterocycles. The van der Waals surface area contributed by atoms with Gasteiger partial charge in [-0.3, -0.25) is 0 Å². The fourth-order valence-corrected chi connectivity index (χ4v) is 2.43. The van der Waals surface area contributed by atoms with Crippen molar-refractivity contribution >= 4 is 0 Å². The number of hydrogen-bond acceptors (Lipinski definition) is 2. The van der Waals surface area contributed by atoms with Crippen LogP contribution in [0.25, 0.3) is 0 Å². The minimum Gasteiger partial charge on any atom is -0.316 e. The van der Waals surface area contributed by atoms with E-state index in [2.05, 4.69) is 17.1 Å². The highest BCUT2D eigenvalue weighted by molar-refractivity contribution is 4.87. The number of nitrogens with one attached hydrogen (secondary N) is 1. The van der Waals surface area contributed by atoms with E-state index in [9.17, 15) is 0 Å². The smallest absolute Gasteiger partial charge is 0.00249 e. The Morgan fingerprint density at radius 3 is 2.91 bits per heavy atom. The zero-order valence-corrected chi connectivity index (χ0v) is 7.34. The minimum atomic E-state index is 0.962. The van der Waals surface area contributed by atoms with Crippen molar-refractivity contribution in [3.05, 3.63) is 0 Å². The Kier molecular flexibility index (Phi) is 2.14. The number of piperidine rings is 1. The van der Waals surface area contributed by atoms with Crippen LogP contribution in [0.4, 0.5) is 0 Å². The quantitative estimate of drug-likeness (QED) is 0.593. The van der Waals surface area contributed by atoms with Crippen LogP contribution in [0.3, 0.4) is 0 Å². The van der Waals surface area contributed by atoms with Crippen LogP contribution in [-0.4, -0.2) is 37.6 Å². The molecule has 0 saturated carbocycles. The second kappa shape index (κ2) is 3.11. The third-order valence-electron chi connectivity index (χ3n) is 3.20. The summed E-state index contributed by atoms with van der Waals surface area (Å²) in [6.07, 6.45) is 1.40. The number of hydrogen-bond donors (Lipinski definition) is 1. The van der Waals surface area contributed by atoms with Crippen molar-refractivity contribution < 1.29 is 0 Å². The van der Waals surface area contributed by atoms with Gasteiger partial charge in [-0.15, -0.1) is 0 Å². The molecule has 2 rings (SSSR count). The number of rotatable bonds is 1. The van der Waals surface area contributed by atoms with Crippen LogP contribution in [0.5, 0.6) is 0 Å². The number of fused-ring (bicyclic) bond motifs is 1. The Bertz CT molecular complexity index is 122. The van der Waals surface area contributed by atoms with E-state index < -0.39 is 0 Å². The molecule has 64 valence electrons. The molecule has 0 aromatic carbocycles. The second-order valence-corrected chi connectivity index (χ2v) is 3.87. The van der Waals surface area contributed by atoms with Gasteiger partial charge in [0, 0.05) is 13.1 Å². The van der Waals surface area contributed by atoms with Crippen LogP contribution in [0, 0.1) is 11.8 Å². The Morgan fingerprint density at radius 1 is 1.36 bits per heavy atom. The van der Waals surface area contributed by atoms with Gasteiger partial charge < -0.3 is 10.2 Å². The van der Waals surface area contributed by atoms with Gasteiger partial charge in [0.05, 0.1) is 0 Å². The molecule has 0 amide bonds. The van der Waals surface area contributed by atoms with Gasteiger partial charge in [-0.05, 0) is 37.9 Å². The zero-order valence-electron chi connectivity index (χ0n) is 7.34. The third-order valence-corrected chi connectivity index (χ3v) is 3.20. The first-order valence-electron chi connectivity index (χ1n) is 4.83. The van der Waals surface area contributed by atoms with E-state index in [4.69, 9.17) is 0 Å². The Hall–Kier alpha value is -0.0800. The molecule has 0 unspecified atom stereocenters. The first-order chi connectivity index (χ1) is 5.40. The van der Waals surface area contributed by atoms with Crippen LogP contribution in [-0.2, 0) is 0 Å². The normalized spacial score (nSPS) is 39.0. The van der Waals surface area contributed by atoms with Crippen LogP contribution in [0.15, 0.2) is 0 Å². The molecule has 1 N–H and O–H groups in total. The van der Waals surface area contributed by atoms with Crippen LogP contribution in [0.2, 0.25) is 0 Å². The van der Waals surface area contributed by atoms with E-state index in [-0.39, 0.29) is 0 Å². The van der Waals surface area contributed by atoms with Gasteiger partial charge >= 0.3 is 0 Å². The molecule has 0 bridgehead atoms. The van der Waals surface area contributed by atoms with E-state index in [0.29, 0.717) is 0 Å². The molecule has 0 aliphatic carbocycles. The van der Waals surface area contributed by atoms with Crippen molar-refractivity contribution in [2.45, 2.75) is 13.3 Å². The van der Waals surface area contributed by atoms with Crippen LogP contribution >= 0.6 is 0 Å². The topological polar surface area (TPSA) is 15.3 Å². The highest BCUT2D eigenvalue weighted by atomic mass is 15.2. The summed E-state index contributed by atoms with van der Waals surface area (Å²) >= 11 is 0. The van der Waals surface area contributed by atoms with E-state index in [1.54, 1.807) is 0 Å². The maximum Gasteiger partial charge on any atom is 0.00249 e. The summed E-state index contributed by atoms with van der Waals surface area (Å²) in [5.41, 5.74) is 0. The molecule has 2 atom stereocenters. The lowest BCUT2D eigenvalue weighted by Gasteiger charge is -2.24. The lowest BCUT2D eigenvalue weighted by molar-refractivity contribution is 0.318. The number of nitrogens with zero attached hydrogens (tertiary/aromatic N) is 1. The highest BCUT2D eigenvalue weighted by Crippen LogP contribution is 2.27. The van der Waals surface area contributed by atoms with Crippen molar-refractivity contribution in [2.75, 3.05) is 32.7 Å². The van der Waals surface area contributed by atoms with Crippen LogP contribution < -0.4 is 5.32 Å². The second-order valence-electron chi connectivity index (χ2n) is 3.87. The molecular formula is C9H18N2. The van der Waals surface area contributed by atoms with Gasteiger partial charge in [-0.25, -0.2) is 0 Å². The summed E-state index contributed by atoms with van der Waals surface area (Å²) in [6, 6.07) is 0. The summed E-state index contributed by atoms with van der Waals surface area (Å²) in [6.45, 7) is 8.73. The van der Waals surface area contributed by atoms with E-state index in [1.807, 2.05) is 0 Å². The van der Waals surface area contributed by atoms with Crippen LogP contribution in [0.1, 0.15) is 13.3 Å². The SMILES string of the molecule is CCN1C[C@H]2CNCC[C@H]2C1. The standard InChI is InChI=1S/C9H18N2/c1-2-11-6-8-3-4-10-5-9(8)7-11/h8-10H,2-7H2,1H3/t8-,9+/m0/s1. The summed E-state index contributed by atoms with van der Waals surface area (Å²) in [5.74, 6) is 1.97. The molecule has 2 heteroatoms. The molecule has 11 heavy (non-hydrogen) atoms. The molecule has 2 aliphatic rings. The fraction of sp³-hybridized carbons (Fsp3) is 1.00. The Morgan fingerprint density at radius 2 is 2.18 bits per heavy atom. The minimum absolute atomic E-state index is 0.962. The third kappa shape index (κ3) is 1.42. The van der Waals surface area contributed by atoms with Gasteiger partial charge in [0.25, 0.3) is 0 Å². The molecule has 0 aromatic rings. The largest absolute Gasteiger partial charge is 0.316 e. The molecule has 2 fully saturated rings. The monoisotopic (exact) mass is 154 g/mol. The van der Waals surface area contributed by atoms with Crippen molar-refractivity contribution in [1.82, 2.24) is 10.2 Å². The summed E-state index contributed by atoms with van der Waals surface area (Å²) in [5, 5.41) is 3.47. The lowest BCUT2D eigenvalue weighted by atomic mass is 9.90. The summed E-state index contributed by atoms with van der Waals surface area (Å²) < 4.78 is 0. The van der Waals surface area contributed by atoms with E-state index in [1.165, 1.54) is 39.1 Å². The first-order valence-corrected chi connectivity index (χ1v) is 4.83. The summed E-state index contributed by atoms with van der Waals surface area (Å²) in [7, 11) is 0. The van der Waals surface area contributed by atoms with Gasteiger partial charge in [-0.1, -0.05) is 6.92 Å². The van der Waals surface area contributed by atoms with Gasteiger partial charge in [-0.2, -0.15) is 0 Å². The molecule has 0 radical (unpaired) electrons. The van der Waals surface area contributed by atoms with Crippen molar-refractivity contribution in [1.29, 1.82) is 0 Å². The lowest BCUT2D eigenvalue weighted by Crippen LogP contribution is -2.35. The van der Waals surface area contributed by atoms with Crippen molar-refractivity contribution in [3.63, 3.8) is 0 Å². The number of likely N-dealkylation sites (tertiary alicyclic amines) is 1. The maximum atomic E-state index is 3.47. The van der Waals surface area contributed by atoms with Gasteiger partial charge in [0.15, 0.2) is 0 Å². The Labute approximate surface area is 69.0 Å². The van der Waals surface area contributed by atoms with Gasteiger partial charge in [0.2, 0.25) is 0 Å². The first kappa shape index (κ1) is 7.56. The molecule has 2 aliphatic heterocycles. The molecule has 0 spiro atoms. The molecule has 2 saturated heterocycles. The predicted octanol–water partition coefficient (Wildman–Crippen LogP) is 0.548. The predicted molar refractivity (Wildman–Crippen MR) is 46.6 cm³/mol. The molecular weight excluding hydrogens is 136 g/mol. The summed E-state index contributed by atoms with van der Waals surface area (Å²) in [4.78, 5) is 2.59. The fourth-order valence-electron chi connectivity index (χ4n) is 2.43. The average Bonchev–Trinajstić information content (AvgIpc) is 2.46. The maximum absolute atomic E-state index is 3.47. The average molecular weight is 154 g/mol. The zero-order chi connectivity index (χ0) is 7.68. The van der Waals surface area contributed by atoms with Crippen molar-refractivity contribution in [2.24, 2.45) is 11.8 Å². The van der Waals surface area contributed by atoms with Gasteiger partial charge in [0.1, 0.15) is 0 Å². The molecule has 0 aromatic heterocycles. The van der Waals surface area contributed by atoms with E-state index >= 15 is 0 Å². The Balaban J connectivity index is 1.92. The van der Waals surface area contributed by atoms with Crippen molar-refractivity contribution in [3.8, 4) is 0 Å². The molecule has 2 nitrogen and oxygen atoms in total. The van der Waals surface area contributed by atoms with E-state index in [0.717, 1.165) is 11.8 Å². The highest BCUT2D eigenvalue weighted by Gasteiger charge is 2.33.